The van der Waals surface area contributed by atoms with Crippen LogP contribution in [0.25, 0.3) is 0 Å². The maximum absolute atomic E-state index is 12.5. The Labute approximate surface area is 174 Å². The smallest absolute Gasteiger partial charge is 0.380 e. The van der Waals surface area contributed by atoms with Gasteiger partial charge in [0.15, 0.2) is 11.5 Å². The number of carbonyl (C=O) groups is 1. The Morgan fingerprint density at radius 3 is 2.10 bits per heavy atom. The number of thiophene rings is 2. The molecule has 0 unspecified atom stereocenters. The van der Waals surface area contributed by atoms with Crippen LogP contribution in [0.4, 0.5) is 5.69 Å². The molecule has 1 N–H and O–H groups in total. The van der Waals surface area contributed by atoms with Gasteiger partial charge in [-0.15, -0.1) is 22.7 Å². The summed E-state index contributed by atoms with van der Waals surface area (Å²) in [5.74, 6) is 0.482. The van der Waals surface area contributed by atoms with Gasteiger partial charge in [0, 0.05) is 0 Å². The van der Waals surface area contributed by atoms with Gasteiger partial charge in [0.2, 0.25) is 0 Å². The van der Waals surface area contributed by atoms with Crippen LogP contribution in [0, 0.1) is 0 Å². The topological polar surface area (TPSA) is 75.5 Å². The van der Waals surface area contributed by atoms with Crippen molar-refractivity contribution in [2.45, 2.75) is 0 Å². The summed E-state index contributed by atoms with van der Waals surface area (Å²) >= 11 is 3.16. The highest BCUT2D eigenvalue weighted by Gasteiger charge is 2.36. The van der Waals surface area contributed by atoms with Crippen LogP contribution in [-0.2, 0) is 9.63 Å². The molecule has 3 aromatic rings. The molecule has 0 radical (unpaired) electrons. The molecule has 1 aromatic carbocycles. The number of rotatable bonds is 4. The molecule has 9 heteroatoms. The van der Waals surface area contributed by atoms with E-state index in [9.17, 15) is 4.79 Å². The highest BCUT2D eigenvalue weighted by Crippen LogP contribution is 2.31. The predicted octanol–water partition coefficient (Wildman–Crippen LogP) is 3.76. The summed E-state index contributed by atoms with van der Waals surface area (Å²) in [6, 6.07) is 15.2. The summed E-state index contributed by atoms with van der Waals surface area (Å²) < 4.78 is 5.20. The number of methoxy groups -OCH3 is 1. The Morgan fingerprint density at radius 2 is 1.59 bits per heavy atom. The molecule has 29 heavy (non-hydrogen) atoms. The first-order valence-corrected chi connectivity index (χ1v) is 10.4. The van der Waals surface area contributed by atoms with E-state index < -0.39 is 5.97 Å². The van der Waals surface area contributed by atoms with Gasteiger partial charge >= 0.3 is 5.97 Å². The fourth-order valence-electron chi connectivity index (χ4n) is 3.00. The minimum absolute atomic E-state index is 0.232. The number of ether oxygens (including phenoxy) is 1. The van der Waals surface area contributed by atoms with Gasteiger partial charge in [0.1, 0.15) is 17.2 Å². The van der Waals surface area contributed by atoms with E-state index in [0.29, 0.717) is 17.3 Å². The number of benzene rings is 1. The summed E-state index contributed by atoms with van der Waals surface area (Å²) in [4.78, 5) is 29.0. The third-order valence-electron chi connectivity index (χ3n) is 4.36. The first-order chi connectivity index (χ1) is 14.2. The lowest BCUT2D eigenvalue weighted by molar-refractivity contribution is -0.140. The number of carbonyl (C=O) groups excluding carboxylic acids is 1. The van der Waals surface area contributed by atoms with E-state index in [4.69, 9.17) is 19.6 Å². The zero-order valence-electron chi connectivity index (χ0n) is 15.2. The minimum Gasteiger partial charge on any atom is -0.497 e. The van der Waals surface area contributed by atoms with Gasteiger partial charge in [-0.25, -0.2) is 19.8 Å². The van der Waals surface area contributed by atoms with Crippen molar-refractivity contribution in [3.05, 3.63) is 80.6 Å². The van der Waals surface area contributed by atoms with Gasteiger partial charge in [-0.05, 0) is 47.2 Å². The molecule has 0 aliphatic carbocycles. The van der Waals surface area contributed by atoms with E-state index in [1.54, 1.807) is 41.9 Å². The Morgan fingerprint density at radius 1 is 0.966 bits per heavy atom. The summed E-state index contributed by atoms with van der Waals surface area (Å²) in [6.45, 7) is 0. The third kappa shape index (κ3) is 3.15. The number of hydrogen-bond donors (Lipinski definition) is 1. The standard InChI is InChI=1S/C20H14N4O3S2/c1-26-13-8-6-12(7-9-13)24-18(20(25)27-23-24)19-21-16(14-4-2-10-28-14)17(22-19)15-5-3-11-29-15/h2-11,23H,1H3. The van der Waals surface area contributed by atoms with E-state index in [0.717, 1.165) is 21.2 Å². The molecule has 0 spiro atoms. The molecule has 2 aliphatic heterocycles. The van der Waals surface area contributed by atoms with E-state index in [-0.39, 0.29) is 5.70 Å². The van der Waals surface area contributed by atoms with E-state index in [1.165, 1.54) is 5.01 Å². The molecule has 5 rings (SSSR count). The van der Waals surface area contributed by atoms with Crippen LogP contribution < -0.4 is 15.3 Å². The lowest BCUT2D eigenvalue weighted by Gasteiger charge is -2.15. The van der Waals surface area contributed by atoms with Gasteiger partial charge in [-0.3, -0.25) is 0 Å². The van der Waals surface area contributed by atoms with Gasteiger partial charge in [-0.1, -0.05) is 17.7 Å². The highest BCUT2D eigenvalue weighted by atomic mass is 32.1. The molecule has 4 heterocycles. The van der Waals surface area contributed by atoms with Crippen LogP contribution in [-0.4, -0.2) is 24.5 Å². The second-order valence-electron chi connectivity index (χ2n) is 6.06. The predicted molar refractivity (Wildman–Crippen MR) is 113 cm³/mol. The summed E-state index contributed by atoms with van der Waals surface area (Å²) in [7, 11) is 1.60. The molecule has 144 valence electrons. The molecule has 1 fully saturated rings. The normalized spacial score (nSPS) is 16.2. The Bertz CT molecular complexity index is 1090. The second-order valence-corrected chi connectivity index (χ2v) is 7.96. The average Bonchev–Trinajstić information content (AvgIpc) is 3.53. The van der Waals surface area contributed by atoms with Gasteiger partial charge in [0.05, 0.1) is 22.6 Å². The summed E-state index contributed by atoms with van der Waals surface area (Å²) in [5.41, 5.74) is 5.07. The number of hydrazine groups is 1. The summed E-state index contributed by atoms with van der Waals surface area (Å²) in [6.07, 6.45) is 0. The number of nitrogens with zero attached hydrogens (tertiary/aromatic N) is 3. The number of aliphatic imine (C=N–C) groups is 2. The van der Waals surface area contributed by atoms with E-state index in [2.05, 4.69) is 5.59 Å². The van der Waals surface area contributed by atoms with Gasteiger partial charge in [0.25, 0.3) is 0 Å². The Balaban J connectivity index is 1.63. The van der Waals surface area contributed by atoms with E-state index >= 15 is 0 Å². The second kappa shape index (κ2) is 7.28. The van der Waals surface area contributed by atoms with Gasteiger partial charge < -0.3 is 9.57 Å². The third-order valence-corrected chi connectivity index (χ3v) is 6.11. The van der Waals surface area contributed by atoms with Crippen molar-refractivity contribution in [3.63, 3.8) is 0 Å². The zero-order valence-corrected chi connectivity index (χ0v) is 16.8. The number of nitrogens with one attached hydrogen (secondary N) is 1. The molecule has 0 saturated carbocycles. The monoisotopic (exact) mass is 422 g/mol. The van der Waals surface area contributed by atoms with Crippen LogP contribution in [0.15, 0.2) is 80.8 Å². The number of hydrogen-bond acceptors (Lipinski definition) is 9. The van der Waals surface area contributed by atoms with Crippen molar-refractivity contribution in [2.24, 2.45) is 9.98 Å². The molecule has 0 bridgehead atoms. The van der Waals surface area contributed by atoms with E-state index in [1.807, 2.05) is 47.2 Å². The highest BCUT2D eigenvalue weighted by molar-refractivity contribution is 7.16. The molecule has 0 amide bonds. The van der Waals surface area contributed by atoms with Crippen molar-refractivity contribution in [2.75, 3.05) is 12.1 Å². The van der Waals surface area contributed by atoms with Crippen molar-refractivity contribution in [1.82, 2.24) is 5.59 Å². The summed E-state index contributed by atoms with van der Waals surface area (Å²) in [5, 5.41) is 5.52. The quantitative estimate of drug-likeness (QED) is 0.648. The maximum Gasteiger partial charge on any atom is 0.380 e. The average molecular weight is 422 g/mol. The molecular formula is C20H14N4O3S2. The maximum atomic E-state index is 12.5. The lowest BCUT2D eigenvalue weighted by atomic mass is 10.2. The first-order valence-electron chi connectivity index (χ1n) is 8.65. The van der Waals surface area contributed by atoms with Crippen molar-refractivity contribution >= 4 is 45.8 Å². The fraction of sp³-hybridized carbons (Fsp3) is 0.0500. The first kappa shape index (κ1) is 17.8. The van der Waals surface area contributed by atoms with Crippen molar-refractivity contribution < 1.29 is 14.4 Å². The van der Waals surface area contributed by atoms with Crippen molar-refractivity contribution in [3.8, 4) is 5.75 Å². The largest absolute Gasteiger partial charge is 0.497 e. The molecule has 2 aliphatic rings. The van der Waals surface area contributed by atoms with Crippen LogP contribution in [0.5, 0.6) is 5.75 Å². The minimum atomic E-state index is -0.540. The molecular weight excluding hydrogens is 408 g/mol. The van der Waals surface area contributed by atoms with Gasteiger partial charge in [-0.2, -0.15) is 0 Å². The fourth-order valence-corrected chi connectivity index (χ4v) is 4.43. The lowest BCUT2D eigenvalue weighted by Crippen LogP contribution is -2.29. The number of anilines is 1. The van der Waals surface area contributed by atoms with Crippen LogP contribution in [0.3, 0.4) is 0 Å². The Kier molecular flexibility index (Phi) is 4.47. The SMILES string of the molecule is COc1ccc(N2NOC(=O)C2=C2N=C(c3cccs3)C(c3cccs3)=N2)cc1. The molecule has 0 atom stereocenters. The molecule has 2 aromatic heterocycles. The Hall–Kier alpha value is -3.27. The molecule has 7 nitrogen and oxygen atoms in total. The van der Waals surface area contributed by atoms with Crippen molar-refractivity contribution in [1.29, 1.82) is 0 Å². The van der Waals surface area contributed by atoms with Crippen LogP contribution in [0.2, 0.25) is 0 Å². The zero-order chi connectivity index (χ0) is 19.8. The molecule has 1 saturated heterocycles. The van der Waals surface area contributed by atoms with Crippen LogP contribution in [0.1, 0.15) is 9.75 Å². The van der Waals surface area contributed by atoms with Crippen LogP contribution >= 0.6 is 22.7 Å².